The Morgan fingerprint density at radius 2 is 1.72 bits per heavy atom. The summed E-state index contributed by atoms with van der Waals surface area (Å²) in [6.45, 7) is 1.18. The molecule has 13 heteroatoms. The van der Waals surface area contributed by atoms with Gasteiger partial charge in [-0.3, -0.25) is 24.2 Å². The van der Waals surface area contributed by atoms with Crippen molar-refractivity contribution in [3.8, 4) is 0 Å². The van der Waals surface area contributed by atoms with Gasteiger partial charge in [0.1, 0.15) is 12.6 Å². The first-order chi connectivity index (χ1) is 20.4. The second-order valence-corrected chi connectivity index (χ2v) is 10.6. The lowest BCUT2D eigenvalue weighted by molar-refractivity contribution is -0.130. The number of hydrogen-bond acceptors (Lipinski definition) is 7. The van der Waals surface area contributed by atoms with Gasteiger partial charge in [-0.05, 0) is 18.1 Å². The van der Waals surface area contributed by atoms with Gasteiger partial charge in [-0.15, -0.1) is 0 Å². The third-order valence-corrected chi connectivity index (χ3v) is 6.54. The molecule has 0 spiro atoms. The average Bonchev–Trinajstić information content (AvgIpc) is 3.68. The maximum atomic E-state index is 13.3. The highest BCUT2D eigenvalue weighted by atomic mass is 19.3. The Morgan fingerprint density at radius 1 is 1.07 bits per heavy atom. The van der Waals surface area contributed by atoms with Crippen LogP contribution < -0.4 is 10.6 Å². The van der Waals surface area contributed by atoms with E-state index in [0.29, 0.717) is 35.7 Å². The van der Waals surface area contributed by atoms with E-state index in [9.17, 15) is 37.5 Å². The van der Waals surface area contributed by atoms with Crippen molar-refractivity contribution in [2.24, 2.45) is 5.92 Å². The van der Waals surface area contributed by atoms with Gasteiger partial charge in [0, 0.05) is 64.3 Å². The van der Waals surface area contributed by atoms with E-state index < -0.39 is 30.8 Å². The minimum atomic E-state index is -2.90. The van der Waals surface area contributed by atoms with Gasteiger partial charge in [0.05, 0.1) is 29.9 Å². The quantitative estimate of drug-likeness (QED) is 0.397. The Hall–Kier alpha value is -4.29. The number of para-hydroxylation sites is 1. The molecule has 2 N–H and O–H groups in total. The van der Waals surface area contributed by atoms with Gasteiger partial charge in [0.2, 0.25) is 17.7 Å². The number of nitrogens with zero attached hydrogens (tertiary/aromatic N) is 3. The fraction of sp³-hybridized carbons (Fsp3) is 0.500. The number of benzene rings is 1. The predicted octanol–water partition coefficient (Wildman–Crippen LogP) is 3.22. The summed E-state index contributed by atoms with van der Waals surface area (Å²) in [5, 5.41) is 5.56. The van der Waals surface area contributed by atoms with E-state index in [1.807, 2.05) is 0 Å². The standard InChI is InChI=1S/C20H20F2N4O4.C6H11NO2.C4H8/c21-20(22)7-9-26(12-20)17(29)11-24-19(30)14-6-8-23-18-13(14)3-1-4-15(18)25-16(28)5-2-10-27;1-7(2)6(9)4-3-5-8;1-4-2-3-4/h1,3-4,6,8,10H,2,5,7,9,11-12H2,(H,24,30)(H,25,28);5H,3-4H2,1-2H3;4H,2-3H2,1H3. The first-order valence-electron chi connectivity index (χ1n) is 14.1. The smallest absolute Gasteiger partial charge is 0.267 e. The van der Waals surface area contributed by atoms with Gasteiger partial charge in [0.15, 0.2) is 0 Å². The molecule has 1 saturated carbocycles. The molecule has 1 aromatic carbocycles. The molecule has 0 bridgehead atoms. The van der Waals surface area contributed by atoms with E-state index in [1.165, 1.54) is 30.0 Å². The normalized spacial score (nSPS) is 14.8. The highest BCUT2D eigenvalue weighted by Crippen LogP contribution is 2.27. The van der Waals surface area contributed by atoms with Crippen LogP contribution in [0.25, 0.3) is 10.9 Å². The fourth-order valence-electron chi connectivity index (χ4n) is 3.76. The number of fused-ring (bicyclic) bond motifs is 1. The van der Waals surface area contributed by atoms with Crippen molar-refractivity contribution in [1.82, 2.24) is 20.1 Å². The summed E-state index contributed by atoms with van der Waals surface area (Å²) in [5.41, 5.74) is 0.979. The molecule has 0 unspecified atom stereocenters. The van der Waals surface area contributed by atoms with Crippen molar-refractivity contribution in [1.29, 1.82) is 0 Å². The SMILES string of the molecule is CC1CC1.CN(C)C(=O)CCC=O.O=CCCC(=O)Nc1cccc2c(C(=O)NCC(=O)N3CCC(F)(F)C3)ccnc12. The summed E-state index contributed by atoms with van der Waals surface area (Å²) in [6, 6.07) is 6.35. The molecule has 4 amide bonds. The molecule has 1 aromatic heterocycles. The summed E-state index contributed by atoms with van der Waals surface area (Å²) in [4.78, 5) is 74.2. The summed E-state index contributed by atoms with van der Waals surface area (Å²) in [6.07, 6.45) is 6.15. The minimum absolute atomic E-state index is 0.00194. The number of likely N-dealkylation sites (tertiary alicyclic amines) is 1. The van der Waals surface area contributed by atoms with Crippen molar-refractivity contribution in [3.05, 3.63) is 36.0 Å². The lowest BCUT2D eigenvalue weighted by atomic mass is 10.1. The highest BCUT2D eigenvalue weighted by molar-refractivity contribution is 6.10. The Balaban J connectivity index is 0.000000411. The molecule has 11 nitrogen and oxygen atoms in total. The maximum Gasteiger partial charge on any atom is 0.267 e. The number of rotatable bonds is 10. The summed E-state index contributed by atoms with van der Waals surface area (Å²) >= 11 is 0. The van der Waals surface area contributed by atoms with Crippen LogP contribution in [0.5, 0.6) is 0 Å². The van der Waals surface area contributed by atoms with Crippen molar-refractivity contribution in [2.45, 2.75) is 57.8 Å². The van der Waals surface area contributed by atoms with Crippen LogP contribution in [0.3, 0.4) is 0 Å². The van der Waals surface area contributed by atoms with Crippen molar-refractivity contribution in [3.63, 3.8) is 0 Å². The molecule has 1 aliphatic carbocycles. The van der Waals surface area contributed by atoms with E-state index in [1.54, 1.807) is 32.3 Å². The molecular weight excluding hydrogens is 564 g/mol. The molecule has 1 saturated heterocycles. The number of anilines is 1. The van der Waals surface area contributed by atoms with Crippen molar-refractivity contribution < 1.29 is 37.5 Å². The number of alkyl halides is 2. The molecule has 0 atom stereocenters. The van der Waals surface area contributed by atoms with Gasteiger partial charge in [0.25, 0.3) is 11.8 Å². The zero-order valence-corrected chi connectivity index (χ0v) is 24.7. The van der Waals surface area contributed by atoms with E-state index in [2.05, 4.69) is 22.5 Å². The number of aromatic nitrogens is 1. The molecule has 2 heterocycles. The molecule has 2 fully saturated rings. The number of amides is 4. The molecule has 234 valence electrons. The van der Waals surface area contributed by atoms with Crippen LogP contribution in [-0.2, 0) is 24.0 Å². The largest absolute Gasteiger partial charge is 0.349 e. The van der Waals surface area contributed by atoms with Crippen molar-refractivity contribution in [2.75, 3.05) is 39.0 Å². The zero-order valence-electron chi connectivity index (χ0n) is 24.7. The Kier molecular flexibility index (Phi) is 13.8. The van der Waals surface area contributed by atoms with Gasteiger partial charge in [-0.1, -0.05) is 31.9 Å². The molecule has 4 rings (SSSR count). The van der Waals surface area contributed by atoms with Crippen LogP contribution in [-0.4, -0.2) is 90.6 Å². The average molecular weight is 604 g/mol. The second kappa shape index (κ2) is 17.0. The lowest BCUT2D eigenvalue weighted by Gasteiger charge is -2.16. The molecular formula is C30H39F2N5O6. The van der Waals surface area contributed by atoms with E-state index in [4.69, 9.17) is 0 Å². The van der Waals surface area contributed by atoms with Crippen molar-refractivity contribution >= 4 is 52.8 Å². The Morgan fingerprint density at radius 3 is 2.28 bits per heavy atom. The first kappa shape index (κ1) is 34.9. The number of pyridine rings is 1. The number of nitrogens with one attached hydrogen (secondary N) is 2. The lowest BCUT2D eigenvalue weighted by Crippen LogP contribution is -2.40. The molecule has 0 radical (unpaired) electrons. The van der Waals surface area contributed by atoms with Gasteiger partial charge in [-0.2, -0.15) is 0 Å². The van der Waals surface area contributed by atoms with Crippen LogP contribution in [0.4, 0.5) is 14.5 Å². The predicted molar refractivity (Wildman–Crippen MR) is 157 cm³/mol. The number of carbonyl (C=O) groups is 6. The topological polar surface area (TPSA) is 146 Å². The number of halogens is 2. The van der Waals surface area contributed by atoms with E-state index in [-0.39, 0.29) is 43.2 Å². The molecule has 43 heavy (non-hydrogen) atoms. The fourth-order valence-corrected chi connectivity index (χ4v) is 3.76. The van der Waals surface area contributed by atoms with Crippen LogP contribution in [0.2, 0.25) is 0 Å². The van der Waals surface area contributed by atoms with E-state index >= 15 is 0 Å². The summed E-state index contributed by atoms with van der Waals surface area (Å²) < 4.78 is 26.5. The molecule has 1 aliphatic heterocycles. The monoisotopic (exact) mass is 603 g/mol. The van der Waals surface area contributed by atoms with Gasteiger partial charge < -0.3 is 30.0 Å². The summed E-state index contributed by atoms with van der Waals surface area (Å²) in [5.74, 6) is -3.32. The number of aldehydes is 2. The Labute approximate surface area is 249 Å². The van der Waals surface area contributed by atoms with Gasteiger partial charge >= 0.3 is 0 Å². The zero-order chi connectivity index (χ0) is 32.0. The maximum absolute atomic E-state index is 13.3. The third kappa shape index (κ3) is 12.2. The minimum Gasteiger partial charge on any atom is -0.349 e. The summed E-state index contributed by atoms with van der Waals surface area (Å²) in [7, 11) is 3.35. The highest BCUT2D eigenvalue weighted by Gasteiger charge is 2.40. The Bertz CT molecular complexity index is 1300. The number of hydrogen-bond donors (Lipinski definition) is 2. The third-order valence-electron chi connectivity index (χ3n) is 6.54. The second-order valence-electron chi connectivity index (χ2n) is 10.6. The van der Waals surface area contributed by atoms with Crippen LogP contribution in [0.1, 0.15) is 62.2 Å². The number of carbonyl (C=O) groups excluding carboxylic acids is 6. The van der Waals surface area contributed by atoms with E-state index in [0.717, 1.165) is 17.1 Å². The van der Waals surface area contributed by atoms with Crippen LogP contribution in [0.15, 0.2) is 30.5 Å². The van der Waals surface area contributed by atoms with Crippen LogP contribution in [0, 0.1) is 5.92 Å². The van der Waals surface area contributed by atoms with Crippen LogP contribution >= 0.6 is 0 Å². The first-order valence-corrected chi connectivity index (χ1v) is 14.1. The van der Waals surface area contributed by atoms with Gasteiger partial charge in [-0.25, -0.2) is 8.78 Å². The molecule has 2 aromatic rings. The molecule has 2 aliphatic rings.